The van der Waals surface area contributed by atoms with Gasteiger partial charge >= 0.3 is 0 Å². The molecule has 0 aromatic carbocycles. The predicted molar refractivity (Wildman–Crippen MR) is 115 cm³/mol. The number of rotatable bonds is 7. The average Bonchev–Trinajstić information content (AvgIpc) is 2.02. The van der Waals surface area contributed by atoms with Crippen molar-refractivity contribution in [2.24, 2.45) is 0 Å². The first-order valence-corrected chi connectivity index (χ1v) is 29.6. The lowest BCUT2D eigenvalue weighted by molar-refractivity contribution is 1.40. The Balaban J connectivity index is 5.10. The Labute approximate surface area is 136 Å². The summed E-state index contributed by atoms with van der Waals surface area (Å²) >= 11 is 0. The summed E-state index contributed by atoms with van der Waals surface area (Å²) in [6, 6.07) is 3.36. The minimum Gasteiger partial charge on any atom is -0.0719 e. The van der Waals surface area contributed by atoms with Crippen molar-refractivity contribution < 1.29 is 0 Å². The summed E-state index contributed by atoms with van der Waals surface area (Å²) in [6.07, 6.45) is 0. The Morgan fingerprint density at radius 3 is 0.650 bits per heavy atom. The largest absolute Gasteiger partial charge is 0.0719 e. The highest BCUT2D eigenvalue weighted by molar-refractivity contribution is 7.62. The van der Waals surface area contributed by atoms with Crippen LogP contribution in [0.25, 0.3) is 0 Å². The molecule has 0 saturated carbocycles. The van der Waals surface area contributed by atoms with Crippen LogP contribution in [0.4, 0.5) is 0 Å². The quantitative estimate of drug-likeness (QED) is 0.504. The van der Waals surface area contributed by atoms with Crippen molar-refractivity contribution in [2.45, 2.75) is 90.7 Å². The van der Waals surface area contributed by atoms with Crippen molar-refractivity contribution >= 4 is 46.0 Å². The van der Waals surface area contributed by atoms with Gasteiger partial charge in [0.1, 0.15) is 0 Å². The van der Waals surface area contributed by atoms with Crippen LogP contribution in [-0.2, 0) is 0 Å². The van der Waals surface area contributed by atoms with Crippen LogP contribution in [0.5, 0.6) is 0 Å². The van der Waals surface area contributed by atoms with Gasteiger partial charge in [0.15, 0.2) is 0 Å². The van der Waals surface area contributed by atoms with Crippen LogP contribution >= 0.6 is 0 Å². The van der Waals surface area contributed by atoms with Crippen molar-refractivity contribution in [1.82, 2.24) is 0 Å². The zero-order valence-electron chi connectivity index (χ0n) is 16.4. The molecule has 0 saturated heterocycles. The lowest BCUT2D eigenvalue weighted by atomic mass is 11.0. The minimum absolute atomic E-state index is 0.0422. The van der Waals surface area contributed by atoms with Crippen molar-refractivity contribution in [3.63, 3.8) is 0 Å². The van der Waals surface area contributed by atoms with Gasteiger partial charge in [-0.1, -0.05) is 90.7 Å². The zero-order chi connectivity index (χ0) is 16.6. The molecule has 0 aliphatic rings. The Bertz CT molecular complexity index is 240. The van der Waals surface area contributed by atoms with Crippen LogP contribution in [0, 0.1) is 0 Å². The molecule has 0 N–H and O–H groups in total. The fourth-order valence-electron chi connectivity index (χ4n) is 4.00. The fourth-order valence-corrected chi connectivity index (χ4v) is 81.0. The standard InChI is InChI=1S/C14H40Si6/c1-17(2,3)15(18(4,5)6)13-14-16(19(7,8)9)20(10,11)12/h13-14H2,1-12H3. The SMILES string of the molecule is C[Si](C)(C)[Si](CC[Si]([Si](C)(C)C)[Si](C)(C)C)[Si](C)(C)C. The van der Waals surface area contributed by atoms with E-state index >= 15 is 0 Å². The Hall–Kier alpha value is 1.30. The minimum atomic E-state index is -0.896. The summed E-state index contributed by atoms with van der Waals surface area (Å²) in [5.41, 5.74) is 0. The van der Waals surface area contributed by atoms with E-state index in [9.17, 15) is 0 Å². The van der Waals surface area contributed by atoms with Gasteiger partial charge in [0.05, 0.1) is 0 Å². The van der Waals surface area contributed by atoms with Crippen LogP contribution in [0.3, 0.4) is 0 Å². The number of hydrogen-bond acceptors (Lipinski definition) is 0. The van der Waals surface area contributed by atoms with Gasteiger partial charge < -0.3 is 0 Å². The molecule has 0 spiro atoms. The first kappa shape index (κ1) is 21.3. The van der Waals surface area contributed by atoms with E-state index in [4.69, 9.17) is 0 Å². The first-order chi connectivity index (χ1) is 8.47. The van der Waals surface area contributed by atoms with Gasteiger partial charge in [-0.2, -0.15) is 0 Å². The predicted octanol–water partition coefficient (Wildman–Crippen LogP) is 5.64. The van der Waals surface area contributed by atoms with Gasteiger partial charge in [0.25, 0.3) is 0 Å². The molecule has 0 fully saturated rings. The van der Waals surface area contributed by atoms with Crippen molar-refractivity contribution in [2.75, 3.05) is 0 Å². The summed E-state index contributed by atoms with van der Waals surface area (Å²) in [5, 5.41) is 0. The van der Waals surface area contributed by atoms with Gasteiger partial charge in [0, 0.05) is 46.0 Å². The second kappa shape index (κ2) is 6.82. The molecule has 0 amide bonds. The van der Waals surface area contributed by atoms with E-state index in [-0.39, 0.29) is 15.7 Å². The lowest BCUT2D eigenvalue weighted by Crippen LogP contribution is -2.62. The van der Waals surface area contributed by atoms with Gasteiger partial charge in [-0.15, -0.1) is 0 Å². The topological polar surface area (TPSA) is 0 Å². The van der Waals surface area contributed by atoms with Crippen LogP contribution in [0.2, 0.25) is 90.7 Å². The highest BCUT2D eigenvalue weighted by Gasteiger charge is 2.43. The molecule has 0 aromatic rings. The summed E-state index contributed by atoms with van der Waals surface area (Å²) < 4.78 is 0. The van der Waals surface area contributed by atoms with E-state index in [0.717, 1.165) is 0 Å². The highest BCUT2D eigenvalue weighted by atomic mass is 29.6. The zero-order valence-corrected chi connectivity index (χ0v) is 22.4. The maximum atomic E-state index is 2.66. The summed E-state index contributed by atoms with van der Waals surface area (Å²) in [6.45, 7) is 31.9. The molecule has 2 radical (unpaired) electrons. The molecule has 0 aliphatic carbocycles. The van der Waals surface area contributed by atoms with Crippen molar-refractivity contribution in [1.29, 1.82) is 0 Å². The van der Waals surface area contributed by atoms with Crippen LogP contribution < -0.4 is 0 Å². The van der Waals surface area contributed by atoms with E-state index in [2.05, 4.69) is 78.6 Å². The van der Waals surface area contributed by atoms with Crippen LogP contribution in [0.15, 0.2) is 0 Å². The normalized spacial score (nSPS) is 15.3. The second-order valence-corrected chi connectivity index (χ2v) is 59.6. The fraction of sp³-hybridized carbons (Fsp3) is 1.00. The van der Waals surface area contributed by atoms with E-state index in [1.54, 1.807) is 12.1 Å². The van der Waals surface area contributed by atoms with E-state index in [1.165, 1.54) is 0 Å². The molecule has 20 heavy (non-hydrogen) atoms. The van der Waals surface area contributed by atoms with E-state index in [1.807, 2.05) is 0 Å². The van der Waals surface area contributed by atoms with Crippen molar-refractivity contribution in [3.8, 4) is 0 Å². The lowest BCUT2D eigenvalue weighted by Gasteiger charge is -2.42. The average molecular weight is 377 g/mol. The smallest absolute Gasteiger partial charge is 0.0332 e. The molecule has 0 heterocycles. The maximum absolute atomic E-state index is 2.66. The molecule has 0 nitrogen and oxygen atoms in total. The number of hydrogen-bond donors (Lipinski definition) is 0. The molecule has 0 bridgehead atoms. The molecular formula is C14H40Si6. The second-order valence-electron chi connectivity index (χ2n) is 10.5. The van der Waals surface area contributed by atoms with Gasteiger partial charge in [-0.05, 0) is 0 Å². The molecule has 6 heteroatoms. The summed E-state index contributed by atoms with van der Waals surface area (Å²) in [7, 11) is -3.67. The Morgan fingerprint density at radius 1 is 0.400 bits per heavy atom. The molecule has 120 valence electrons. The Kier molecular flexibility index (Phi) is 7.26. The third-order valence-electron chi connectivity index (χ3n) is 4.25. The maximum Gasteiger partial charge on any atom is 0.0332 e. The molecule has 0 unspecified atom stereocenters. The molecule has 0 aromatic heterocycles. The van der Waals surface area contributed by atoms with Gasteiger partial charge in [0.2, 0.25) is 0 Å². The third kappa shape index (κ3) is 7.04. The summed E-state index contributed by atoms with van der Waals surface area (Å²) in [5.74, 6) is 0. The third-order valence-corrected chi connectivity index (χ3v) is 65.2. The highest BCUT2D eigenvalue weighted by Crippen LogP contribution is 2.28. The van der Waals surface area contributed by atoms with E-state index in [0.29, 0.717) is 0 Å². The Morgan fingerprint density at radius 2 is 0.550 bits per heavy atom. The molecule has 0 rings (SSSR count). The molecular weight excluding hydrogens is 337 g/mol. The van der Waals surface area contributed by atoms with Crippen LogP contribution in [0.1, 0.15) is 0 Å². The van der Waals surface area contributed by atoms with Crippen molar-refractivity contribution in [3.05, 3.63) is 0 Å². The van der Waals surface area contributed by atoms with Crippen LogP contribution in [-0.4, -0.2) is 46.0 Å². The molecule has 0 aliphatic heterocycles. The monoisotopic (exact) mass is 376 g/mol. The first-order valence-electron chi connectivity index (χ1n) is 8.21. The van der Waals surface area contributed by atoms with Gasteiger partial charge in [-0.3, -0.25) is 0 Å². The summed E-state index contributed by atoms with van der Waals surface area (Å²) in [4.78, 5) is 0. The van der Waals surface area contributed by atoms with E-state index < -0.39 is 30.4 Å². The molecule has 0 atom stereocenters. The van der Waals surface area contributed by atoms with Gasteiger partial charge in [-0.25, -0.2) is 0 Å².